The molecule has 4 nitrogen and oxygen atoms in total. The standard InChI is InChI=1S/C10H12BrNO3/c1-3-15-8(13)6-7-4-5-12-10(14-2)9(7)11/h4-5H,3,6H2,1-2H3. The van der Waals surface area contributed by atoms with Crippen molar-refractivity contribution in [3.05, 3.63) is 22.3 Å². The summed E-state index contributed by atoms with van der Waals surface area (Å²) < 4.78 is 10.6. The van der Waals surface area contributed by atoms with Gasteiger partial charge in [0.25, 0.3) is 0 Å². The molecule has 1 rings (SSSR count). The molecule has 0 amide bonds. The second kappa shape index (κ2) is 5.70. The molecule has 0 fully saturated rings. The van der Waals surface area contributed by atoms with Gasteiger partial charge in [-0.15, -0.1) is 0 Å². The third-order valence-corrected chi connectivity index (χ3v) is 2.62. The van der Waals surface area contributed by atoms with Crippen molar-refractivity contribution in [3.63, 3.8) is 0 Å². The van der Waals surface area contributed by atoms with Gasteiger partial charge in [0.2, 0.25) is 5.88 Å². The lowest BCUT2D eigenvalue weighted by Gasteiger charge is -2.07. The monoisotopic (exact) mass is 273 g/mol. The van der Waals surface area contributed by atoms with Crippen LogP contribution in [0.25, 0.3) is 0 Å². The van der Waals surface area contributed by atoms with E-state index in [4.69, 9.17) is 9.47 Å². The number of methoxy groups -OCH3 is 1. The third kappa shape index (κ3) is 3.20. The highest BCUT2D eigenvalue weighted by Crippen LogP contribution is 2.26. The molecule has 15 heavy (non-hydrogen) atoms. The largest absolute Gasteiger partial charge is 0.480 e. The van der Waals surface area contributed by atoms with Crippen LogP contribution in [0.1, 0.15) is 12.5 Å². The number of rotatable bonds is 4. The Hall–Kier alpha value is -1.10. The van der Waals surface area contributed by atoms with Crippen LogP contribution in [0.3, 0.4) is 0 Å². The van der Waals surface area contributed by atoms with Crippen LogP contribution in [0.15, 0.2) is 16.7 Å². The number of esters is 1. The first-order valence-corrected chi connectivity index (χ1v) is 5.31. The second-order valence-electron chi connectivity index (χ2n) is 2.78. The van der Waals surface area contributed by atoms with Crippen molar-refractivity contribution < 1.29 is 14.3 Å². The highest BCUT2D eigenvalue weighted by Gasteiger charge is 2.11. The molecule has 0 N–H and O–H groups in total. The number of hydrogen-bond acceptors (Lipinski definition) is 4. The summed E-state index contributed by atoms with van der Waals surface area (Å²) in [6.45, 7) is 2.17. The van der Waals surface area contributed by atoms with Gasteiger partial charge in [0.05, 0.1) is 24.6 Å². The lowest BCUT2D eigenvalue weighted by molar-refractivity contribution is -0.142. The van der Waals surface area contributed by atoms with Crippen molar-refractivity contribution in [2.45, 2.75) is 13.3 Å². The quantitative estimate of drug-likeness (QED) is 0.787. The number of carbonyl (C=O) groups excluding carboxylic acids is 1. The predicted molar refractivity (Wildman–Crippen MR) is 58.8 cm³/mol. The molecular weight excluding hydrogens is 262 g/mol. The molecule has 0 radical (unpaired) electrons. The third-order valence-electron chi connectivity index (χ3n) is 1.77. The van der Waals surface area contributed by atoms with E-state index in [1.807, 2.05) is 0 Å². The van der Waals surface area contributed by atoms with Gasteiger partial charge < -0.3 is 9.47 Å². The van der Waals surface area contributed by atoms with E-state index in [0.29, 0.717) is 17.0 Å². The molecule has 0 bridgehead atoms. The Labute approximate surface area is 96.7 Å². The number of pyridine rings is 1. The molecule has 5 heteroatoms. The van der Waals surface area contributed by atoms with Gasteiger partial charge in [-0.1, -0.05) is 0 Å². The molecule has 1 aromatic heterocycles. The highest BCUT2D eigenvalue weighted by atomic mass is 79.9. The summed E-state index contributed by atoms with van der Waals surface area (Å²) in [7, 11) is 1.53. The summed E-state index contributed by atoms with van der Waals surface area (Å²) in [5.74, 6) is 0.211. The number of hydrogen-bond donors (Lipinski definition) is 0. The molecule has 0 atom stereocenters. The molecule has 1 aromatic rings. The van der Waals surface area contributed by atoms with Crippen LogP contribution in [0.5, 0.6) is 5.88 Å². The van der Waals surface area contributed by atoms with Crippen molar-refractivity contribution >= 4 is 21.9 Å². The SMILES string of the molecule is CCOC(=O)Cc1ccnc(OC)c1Br. The Morgan fingerprint density at radius 1 is 1.60 bits per heavy atom. The number of ether oxygens (including phenoxy) is 2. The second-order valence-corrected chi connectivity index (χ2v) is 3.57. The number of carbonyl (C=O) groups is 1. The Morgan fingerprint density at radius 2 is 2.33 bits per heavy atom. The fourth-order valence-electron chi connectivity index (χ4n) is 1.11. The van der Waals surface area contributed by atoms with Crippen LogP contribution in [0, 0.1) is 0 Å². The zero-order chi connectivity index (χ0) is 11.3. The number of halogens is 1. The molecule has 0 aliphatic carbocycles. The molecule has 0 unspecified atom stereocenters. The van der Waals surface area contributed by atoms with Crippen LogP contribution in [0.2, 0.25) is 0 Å². The van der Waals surface area contributed by atoms with Gasteiger partial charge >= 0.3 is 5.97 Å². The minimum absolute atomic E-state index is 0.216. The maximum atomic E-state index is 11.3. The molecule has 0 spiro atoms. The van der Waals surface area contributed by atoms with E-state index >= 15 is 0 Å². The summed E-state index contributed by atoms with van der Waals surface area (Å²) in [4.78, 5) is 15.2. The van der Waals surface area contributed by atoms with Crippen LogP contribution in [0.4, 0.5) is 0 Å². The van der Waals surface area contributed by atoms with E-state index in [1.54, 1.807) is 19.2 Å². The zero-order valence-corrected chi connectivity index (χ0v) is 10.2. The van der Waals surface area contributed by atoms with Gasteiger partial charge in [0.15, 0.2) is 0 Å². The van der Waals surface area contributed by atoms with E-state index in [0.717, 1.165) is 5.56 Å². The van der Waals surface area contributed by atoms with Crippen molar-refractivity contribution in [2.75, 3.05) is 13.7 Å². The van der Waals surface area contributed by atoms with E-state index in [2.05, 4.69) is 20.9 Å². The topological polar surface area (TPSA) is 48.4 Å². The minimum atomic E-state index is -0.258. The van der Waals surface area contributed by atoms with Crippen LogP contribution in [-0.2, 0) is 16.0 Å². The normalized spacial score (nSPS) is 9.80. The average Bonchev–Trinajstić information content (AvgIpc) is 2.21. The lowest BCUT2D eigenvalue weighted by atomic mass is 10.2. The summed E-state index contributed by atoms with van der Waals surface area (Å²) in [6.07, 6.45) is 1.81. The molecule has 1 heterocycles. The summed E-state index contributed by atoms with van der Waals surface area (Å²) >= 11 is 3.33. The van der Waals surface area contributed by atoms with Gasteiger partial charge in [-0.2, -0.15) is 0 Å². The van der Waals surface area contributed by atoms with Gasteiger partial charge in [0.1, 0.15) is 0 Å². The van der Waals surface area contributed by atoms with E-state index < -0.39 is 0 Å². The Balaban J connectivity index is 2.81. The summed E-state index contributed by atoms with van der Waals surface area (Å²) in [6, 6.07) is 1.75. The van der Waals surface area contributed by atoms with E-state index in [-0.39, 0.29) is 12.4 Å². The maximum absolute atomic E-state index is 11.3. The molecular formula is C10H12BrNO3. The lowest BCUT2D eigenvalue weighted by Crippen LogP contribution is -2.08. The Bertz CT molecular complexity index is 355. The first-order valence-electron chi connectivity index (χ1n) is 4.52. The first-order chi connectivity index (χ1) is 7.19. The Kier molecular flexibility index (Phi) is 4.55. The van der Waals surface area contributed by atoms with Crippen molar-refractivity contribution in [1.29, 1.82) is 0 Å². The molecule has 0 saturated heterocycles. The first kappa shape index (κ1) is 12.0. The highest BCUT2D eigenvalue weighted by molar-refractivity contribution is 9.10. The Morgan fingerprint density at radius 3 is 2.93 bits per heavy atom. The van der Waals surface area contributed by atoms with Gasteiger partial charge in [-0.25, -0.2) is 4.98 Å². The molecule has 82 valence electrons. The molecule has 0 aliphatic heterocycles. The van der Waals surface area contributed by atoms with E-state index in [1.165, 1.54) is 7.11 Å². The number of aromatic nitrogens is 1. The summed E-state index contributed by atoms with van der Waals surface area (Å²) in [5.41, 5.74) is 0.806. The summed E-state index contributed by atoms with van der Waals surface area (Å²) in [5, 5.41) is 0. The minimum Gasteiger partial charge on any atom is -0.480 e. The van der Waals surface area contributed by atoms with Gasteiger partial charge in [-0.05, 0) is 34.5 Å². The zero-order valence-electron chi connectivity index (χ0n) is 8.62. The van der Waals surface area contributed by atoms with Crippen LogP contribution in [-0.4, -0.2) is 24.7 Å². The van der Waals surface area contributed by atoms with Crippen molar-refractivity contribution in [2.24, 2.45) is 0 Å². The van der Waals surface area contributed by atoms with Gasteiger partial charge in [0, 0.05) is 6.20 Å². The van der Waals surface area contributed by atoms with Crippen molar-refractivity contribution in [1.82, 2.24) is 4.98 Å². The van der Waals surface area contributed by atoms with Crippen LogP contribution >= 0.6 is 15.9 Å². The molecule has 0 saturated carbocycles. The number of nitrogens with zero attached hydrogens (tertiary/aromatic N) is 1. The van der Waals surface area contributed by atoms with Crippen LogP contribution < -0.4 is 4.74 Å². The fourth-order valence-corrected chi connectivity index (χ4v) is 1.65. The van der Waals surface area contributed by atoms with E-state index in [9.17, 15) is 4.79 Å². The predicted octanol–water partition coefficient (Wildman–Crippen LogP) is 1.96. The van der Waals surface area contributed by atoms with Crippen molar-refractivity contribution in [3.8, 4) is 5.88 Å². The maximum Gasteiger partial charge on any atom is 0.310 e. The average molecular weight is 274 g/mol. The molecule has 0 aromatic carbocycles. The molecule has 0 aliphatic rings. The van der Waals surface area contributed by atoms with Gasteiger partial charge in [-0.3, -0.25) is 4.79 Å². The fraction of sp³-hybridized carbons (Fsp3) is 0.400. The smallest absolute Gasteiger partial charge is 0.310 e.